The Balaban J connectivity index is 2.16. The molecule has 0 unspecified atom stereocenters. The molecule has 1 aromatic carbocycles. The van der Waals surface area contributed by atoms with Crippen LogP contribution >= 0.6 is 11.6 Å². The first kappa shape index (κ1) is 13.2. The highest BCUT2D eigenvalue weighted by Gasteiger charge is 2.37. The van der Waals surface area contributed by atoms with Gasteiger partial charge < -0.3 is 9.47 Å². The molecule has 0 aromatic heterocycles. The molecule has 0 amide bonds. The predicted molar refractivity (Wildman–Crippen MR) is 69.7 cm³/mol. The number of benzene rings is 1. The molecule has 0 atom stereocenters. The van der Waals surface area contributed by atoms with Gasteiger partial charge in [-0.05, 0) is 31.0 Å². The van der Waals surface area contributed by atoms with Gasteiger partial charge in [-0.25, -0.2) is 0 Å². The van der Waals surface area contributed by atoms with Gasteiger partial charge in [-0.1, -0.05) is 24.1 Å². The van der Waals surface area contributed by atoms with Crippen LogP contribution in [0.25, 0.3) is 0 Å². The normalized spacial score (nSPS) is 18.1. The molecule has 0 saturated heterocycles. The monoisotopic (exact) mass is 268 g/mol. The Morgan fingerprint density at radius 2 is 2.00 bits per heavy atom. The summed E-state index contributed by atoms with van der Waals surface area (Å²) in [5, 5.41) is 0.612. The van der Waals surface area contributed by atoms with E-state index in [1.807, 2.05) is 12.1 Å². The topological polar surface area (TPSA) is 35.5 Å². The first-order valence-corrected chi connectivity index (χ1v) is 6.62. The molecule has 18 heavy (non-hydrogen) atoms. The van der Waals surface area contributed by atoms with E-state index in [-0.39, 0.29) is 5.97 Å². The van der Waals surface area contributed by atoms with Crippen molar-refractivity contribution in [2.24, 2.45) is 0 Å². The molecule has 2 rings (SSSR count). The number of carbonyl (C=O) groups is 1. The van der Waals surface area contributed by atoms with Crippen LogP contribution in [0.5, 0.6) is 5.75 Å². The second kappa shape index (κ2) is 5.61. The van der Waals surface area contributed by atoms with Gasteiger partial charge in [0, 0.05) is 24.8 Å². The summed E-state index contributed by atoms with van der Waals surface area (Å²) in [7, 11) is 0. The molecule has 1 aliphatic carbocycles. The van der Waals surface area contributed by atoms with Crippen molar-refractivity contribution < 1.29 is 14.3 Å². The lowest BCUT2D eigenvalue weighted by atomic mass is 9.94. The first-order valence-electron chi connectivity index (χ1n) is 6.24. The maximum absolute atomic E-state index is 11.2. The number of hydrogen-bond acceptors (Lipinski definition) is 3. The summed E-state index contributed by atoms with van der Waals surface area (Å²) >= 11 is 5.93. The van der Waals surface area contributed by atoms with E-state index in [1.165, 1.54) is 6.92 Å². The highest BCUT2D eigenvalue weighted by atomic mass is 35.5. The van der Waals surface area contributed by atoms with E-state index in [1.54, 1.807) is 12.1 Å². The van der Waals surface area contributed by atoms with Crippen molar-refractivity contribution in [2.45, 2.75) is 44.8 Å². The first-order chi connectivity index (χ1) is 8.60. The van der Waals surface area contributed by atoms with Crippen LogP contribution in [0.2, 0.25) is 5.02 Å². The molecule has 0 bridgehead atoms. The van der Waals surface area contributed by atoms with Crippen LogP contribution in [0.1, 0.15) is 39.0 Å². The minimum Gasteiger partial charge on any atom is -0.452 e. The summed E-state index contributed by atoms with van der Waals surface area (Å²) in [6.07, 6.45) is 4.64. The van der Waals surface area contributed by atoms with Gasteiger partial charge in [0.05, 0.1) is 0 Å². The van der Waals surface area contributed by atoms with Crippen LogP contribution < -0.4 is 4.74 Å². The molecule has 98 valence electrons. The summed E-state index contributed by atoms with van der Waals surface area (Å²) in [5.41, 5.74) is 0. The Morgan fingerprint density at radius 1 is 1.28 bits per heavy atom. The maximum atomic E-state index is 11.2. The number of esters is 1. The van der Waals surface area contributed by atoms with E-state index in [0.717, 1.165) is 32.1 Å². The zero-order valence-electron chi connectivity index (χ0n) is 10.4. The van der Waals surface area contributed by atoms with Gasteiger partial charge in [0.2, 0.25) is 0 Å². The van der Waals surface area contributed by atoms with Crippen molar-refractivity contribution in [1.82, 2.24) is 0 Å². The highest BCUT2D eigenvalue weighted by molar-refractivity contribution is 6.30. The van der Waals surface area contributed by atoms with E-state index in [0.29, 0.717) is 10.8 Å². The second-order valence-electron chi connectivity index (χ2n) is 4.62. The molecular weight excluding hydrogens is 252 g/mol. The molecule has 0 radical (unpaired) electrons. The fraction of sp³-hybridized carbons (Fsp3) is 0.500. The average molecular weight is 269 g/mol. The van der Waals surface area contributed by atoms with Crippen LogP contribution in [0.4, 0.5) is 0 Å². The van der Waals surface area contributed by atoms with Crippen molar-refractivity contribution in [1.29, 1.82) is 0 Å². The molecule has 3 nitrogen and oxygen atoms in total. The molecule has 0 spiro atoms. The number of ether oxygens (including phenoxy) is 2. The quantitative estimate of drug-likeness (QED) is 0.615. The number of hydrogen-bond donors (Lipinski definition) is 0. The standard InChI is InChI=1S/C14H17ClO3/c1-11(16)17-14(8-3-2-4-9-14)18-13-7-5-6-12(15)10-13/h5-7,10H,2-4,8-9H2,1H3. The smallest absolute Gasteiger partial charge is 0.305 e. The maximum Gasteiger partial charge on any atom is 0.305 e. The van der Waals surface area contributed by atoms with Crippen LogP contribution in [0, 0.1) is 0 Å². The Kier molecular flexibility index (Phi) is 4.12. The van der Waals surface area contributed by atoms with Gasteiger partial charge in [-0.3, -0.25) is 4.79 Å². The third-order valence-corrected chi connectivity index (χ3v) is 3.28. The Morgan fingerprint density at radius 3 is 2.61 bits per heavy atom. The molecule has 0 N–H and O–H groups in total. The fourth-order valence-electron chi connectivity index (χ4n) is 2.32. The van der Waals surface area contributed by atoms with Crippen LogP contribution in [0.3, 0.4) is 0 Å². The van der Waals surface area contributed by atoms with Gasteiger partial charge in [-0.15, -0.1) is 0 Å². The minimum atomic E-state index is -0.811. The highest BCUT2D eigenvalue weighted by Crippen LogP contribution is 2.34. The second-order valence-corrected chi connectivity index (χ2v) is 5.06. The zero-order chi connectivity index (χ0) is 13.0. The average Bonchev–Trinajstić information content (AvgIpc) is 2.28. The van der Waals surface area contributed by atoms with E-state index < -0.39 is 5.79 Å². The van der Waals surface area contributed by atoms with Crippen LogP contribution in [-0.2, 0) is 9.53 Å². The Hall–Kier alpha value is -1.22. The summed E-state index contributed by atoms with van der Waals surface area (Å²) in [4.78, 5) is 11.2. The van der Waals surface area contributed by atoms with E-state index in [9.17, 15) is 4.79 Å². The van der Waals surface area contributed by atoms with Crippen molar-refractivity contribution in [3.63, 3.8) is 0 Å². The van der Waals surface area contributed by atoms with E-state index >= 15 is 0 Å². The van der Waals surface area contributed by atoms with Crippen LogP contribution in [-0.4, -0.2) is 11.8 Å². The fourth-order valence-corrected chi connectivity index (χ4v) is 2.50. The largest absolute Gasteiger partial charge is 0.452 e. The van der Waals surface area contributed by atoms with Gasteiger partial charge in [-0.2, -0.15) is 0 Å². The zero-order valence-corrected chi connectivity index (χ0v) is 11.2. The molecule has 1 saturated carbocycles. The lowest BCUT2D eigenvalue weighted by Crippen LogP contribution is -2.42. The predicted octanol–water partition coefficient (Wildman–Crippen LogP) is 3.94. The number of halogens is 1. The summed E-state index contributed by atoms with van der Waals surface area (Å²) < 4.78 is 11.3. The lowest BCUT2D eigenvalue weighted by Gasteiger charge is -2.36. The molecule has 1 fully saturated rings. The number of rotatable bonds is 3. The van der Waals surface area contributed by atoms with Gasteiger partial charge >= 0.3 is 5.97 Å². The van der Waals surface area contributed by atoms with Crippen molar-refractivity contribution in [3.8, 4) is 5.75 Å². The molecule has 4 heteroatoms. The Bertz CT molecular complexity index is 425. The lowest BCUT2D eigenvalue weighted by molar-refractivity contribution is -0.206. The van der Waals surface area contributed by atoms with E-state index in [2.05, 4.69) is 0 Å². The molecule has 1 aromatic rings. The third kappa shape index (κ3) is 3.39. The number of carbonyl (C=O) groups excluding carboxylic acids is 1. The third-order valence-electron chi connectivity index (χ3n) is 3.05. The summed E-state index contributed by atoms with van der Waals surface area (Å²) in [5.74, 6) is -0.473. The van der Waals surface area contributed by atoms with E-state index in [4.69, 9.17) is 21.1 Å². The minimum absolute atomic E-state index is 0.307. The summed E-state index contributed by atoms with van der Waals surface area (Å²) in [6.45, 7) is 1.41. The van der Waals surface area contributed by atoms with Crippen molar-refractivity contribution in [3.05, 3.63) is 29.3 Å². The van der Waals surface area contributed by atoms with Gasteiger partial charge in [0.1, 0.15) is 5.75 Å². The molecule has 1 aliphatic rings. The van der Waals surface area contributed by atoms with Gasteiger partial charge in [0.25, 0.3) is 5.79 Å². The molecular formula is C14H17ClO3. The molecule has 0 heterocycles. The van der Waals surface area contributed by atoms with Crippen molar-refractivity contribution >= 4 is 17.6 Å². The van der Waals surface area contributed by atoms with Gasteiger partial charge in [0.15, 0.2) is 0 Å². The van der Waals surface area contributed by atoms with Crippen molar-refractivity contribution in [2.75, 3.05) is 0 Å². The Labute approximate surface area is 112 Å². The van der Waals surface area contributed by atoms with Crippen LogP contribution in [0.15, 0.2) is 24.3 Å². The summed E-state index contributed by atoms with van der Waals surface area (Å²) in [6, 6.07) is 7.17. The SMILES string of the molecule is CC(=O)OC1(Oc2cccc(Cl)c2)CCCCC1. The molecule has 0 aliphatic heterocycles.